The summed E-state index contributed by atoms with van der Waals surface area (Å²) in [5, 5.41) is 3.38. The molecule has 0 aliphatic rings. The Morgan fingerprint density at radius 3 is 2.50 bits per heavy atom. The van der Waals surface area contributed by atoms with Gasteiger partial charge in [0.25, 0.3) is 0 Å². The van der Waals surface area contributed by atoms with E-state index >= 15 is 0 Å². The highest BCUT2D eigenvalue weighted by Gasteiger charge is 2.05. The zero-order valence-electron chi connectivity index (χ0n) is 10.7. The molecular weight excluding hydrogens is 318 g/mol. The van der Waals surface area contributed by atoms with Crippen LogP contribution < -0.4 is 11.0 Å². The second-order valence-electron chi connectivity index (χ2n) is 4.62. The van der Waals surface area contributed by atoms with Crippen molar-refractivity contribution in [3.8, 4) is 0 Å². The van der Waals surface area contributed by atoms with Gasteiger partial charge in [-0.15, -0.1) is 0 Å². The number of hydrogen-bond donors (Lipinski definition) is 3. The molecule has 0 spiro atoms. The highest BCUT2D eigenvalue weighted by molar-refractivity contribution is 9.10. The third-order valence-corrected chi connectivity index (χ3v) is 3.83. The Bertz CT molecular complexity index is 777. The summed E-state index contributed by atoms with van der Waals surface area (Å²) in [5.74, 6) is 0. The number of aromatic nitrogens is 2. The number of H-pyrrole nitrogens is 2. The fourth-order valence-corrected chi connectivity index (χ4v) is 2.66. The lowest BCUT2D eigenvalue weighted by molar-refractivity contribution is 1.02. The first-order valence-corrected chi connectivity index (χ1v) is 7.21. The quantitative estimate of drug-likeness (QED) is 0.687. The summed E-state index contributed by atoms with van der Waals surface area (Å²) in [6.45, 7) is 0.836. The van der Waals surface area contributed by atoms with Gasteiger partial charge < -0.3 is 15.3 Å². The van der Waals surface area contributed by atoms with Gasteiger partial charge in [-0.3, -0.25) is 0 Å². The normalized spacial score (nSPS) is 10.8. The van der Waals surface area contributed by atoms with Crippen LogP contribution in [0.5, 0.6) is 0 Å². The molecule has 0 unspecified atom stereocenters. The first kappa shape index (κ1) is 13.0. The zero-order chi connectivity index (χ0) is 13.9. The minimum absolute atomic E-state index is 0.187. The minimum atomic E-state index is -0.187. The number of rotatable bonds is 4. The molecule has 1 heterocycles. The molecule has 0 amide bonds. The zero-order valence-corrected chi connectivity index (χ0v) is 12.3. The summed E-state index contributed by atoms with van der Waals surface area (Å²) in [6.07, 6.45) is 0.953. The number of halogens is 1. The standard InChI is InChI=1S/C15H14BrN3O/c16-11-8-13-14(19-15(20)18-13)9-12(11)17-7-6-10-4-2-1-3-5-10/h1-5,8-9,17H,6-7H2,(H2,18,19,20). The summed E-state index contributed by atoms with van der Waals surface area (Å²) in [6, 6.07) is 14.2. The first-order valence-electron chi connectivity index (χ1n) is 6.42. The van der Waals surface area contributed by atoms with E-state index in [1.807, 2.05) is 30.3 Å². The molecular formula is C15H14BrN3O. The second-order valence-corrected chi connectivity index (χ2v) is 5.47. The van der Waals surface area contributed by atoms with Gasteiger partial charge in [-0.2, -0.15) is 0 Å². The Morgan fingerprint density at radius 1 is 1.05 bits per heavy atom. The van der Waals surface area contributed by atoms with E-state index in [2.05, 4.69) is 43.3 Å². The number of aromatic amines is 2. The number of anilines is 1. The molecule has 2 aromatic carbocycles. The number of fused-ring (bicyclic) bond motifs is 1. The summed E-state index contributed by atoms with van der Waals surface area (Å²) in [5.41, 5.74) is 3.69. The van der Waals surface area contributed by atoms with Gasteiger partial charge in [0.15, 0.2) is 0 Å². The Labute approximate surface area is 124 Å². The number of hydrogen-bond acceptors (Lipinski definition) is 2. The third-order valence-electron chi connectivity index (χ3n) is 3.18. The van der Waals surface area contributed by atoms with Crippen LogP contribution in [-0.2, 0) is 6.42 Å². The first-order chi connectivity index (χ1) is 9.72. The van der Waals surface area contributed by atoms with Gasteiger partial charge in [-0.05, 0) is 40.0 Å². The SMILES string of the molecule is O=c1[nH]c2cc(Br)c(NCCc3ccccc3)cc2[nH]1. The van der Waals surface area contributed by atoms with Gasteiger partial charge in [0.2, 0.25) is 0 Å². The molecule has 0 aliphatic heterocycles. The Balaban J connectivity index is 1.74. The molecule has 3 aromatic rings. The molecule has 0 fully saturated rings. The number of imidazole rings is 1. The van der Waals surface area contributed by atoms with Crippen LogP contribution in [0, 0.1) is 0 Å². The van der Waals surface area contributed by atoms with Gasteiger partial charge in [0.05, 0.1) is 16.7 Å². The van der Waals surface area contributed by atoms with Crippen LogP contribution in [0.2, 0.25) is 0 Å². The summed E-state index contributed by atoms with van der Waals surface area (Å²) < 4.78 is 0.938. The van der Waals surface area contributed by atoms with Crippen molar-refractivity contribution in [2.75, 3.05) is 11.9 Å². The van der Waals surface area contributed by atoms with Crippen LogP contribution >= 0.6 is 15.9 Å². The molecule has 4 nitrogen and oxygen atoms in total. The van der Waals surface area contributed by atoms with Gasteiger partial charge in [-0.25, -0.2) is 4.79 Å². The predicted octanol–water partition coefficient (Wildman–Crippen LogP) is 3.27. The highest BCUT2D eigenvalue weighted by Crippen LogP contribution is 2.26. The fourth-order valence-electron chi connectivity index (χ4n) is 2.18. The lowest BCUT2D eigenvalue weighted by Crippen LogP contribution is -2.05. The van der Waals surface area contributed by atoms with Gasteiger partial charge >= 0.3 is 5.69 Å². The van der Waals surface area contributed by atoms with Gasteiger partial charge in [0, 0.05) is 11.0 Å². The maximum absolute atomic E-state index is 11.3. The van der Waals surface area contributed by atoms with E-state index in [9.17, 15) is 4.79 Å². The summed E-state index contributed by atoms with van der Waals surface area (Å²) in [7, 11) is 0. The average Bonchev–Trinajstić information content (AvgIpc) is 2.79. The monoisotopic (exact) mass is 331 g/mol. The molecule has 0 saturated heterocycles. The molecule has 0 atom stereocenters. The van der Waals surface area contributed by atoms with Crippen LogP contribution in [0.15, 0.2) is 51.7 Å². The molecule has 5 heteroatoms. The molecule has 3 rings (SSSR count). The van der Waals surface area contributed by atoms with E-state index < -0.39 is 0 Å². The molecule has 0 aliphatic carbocycles. The predicted molar refractivity (Wildman–Crippen MR) is 85.3 cm³/mol. The molecule has 0 bridgehead atoms. The van der Waals surface area contributed by atoms with Gasteiger partial charge in [0.1, 0.15) is 0 Å². The molecule has 3 N–H and O–H groups in total. The molecule has 0 radical (unpaired) electrons. The average molecular weight is 332 g/mol. The summed E-state index contributed by atoms with van der Waals surface area (Å²) >= 11 is 3.51. The van der Waals surface area contributed by atoms with Crippen molar-refractivity contribution >= 4 is 32.7 Å². The maximum Gasteiger partial charge on any atom is 0.323 e. The van der Waals surface area contributed by atoms with Crippen molar-refractivity contribution in [2.45, 2.75) is 6.42 Å². The van der Waals surface area contributed by atoms with Crippen molar-refractivity contribution in [3.63, 3.8) is 0 Å². The van der Waals surface area contributed by atoms with Crippen molar-refractivity contribution in [3.05, 3.63) is 63.0 Å². The van der Waals surface area contributed by atoms with Gasteiger partial charge in [-0.1, -0.05) is 30.3 Å². The third kappa shape index (κ3) is 2.77. The van der Waals surface area contributed by atoms with E-state index in [0.717, 1.165) is 34.2 Å². The van der Waals surface area contributed by atoms with Crippen LogP contribution in [0.3, 0.4) is 0 Å². The van der Waals surface area contributed by atoms with Crippen LogP contribution in [0.4, 0.5) is 5.69 Å². The van der Waals surface area contributed by atoms with Crippen LogP contribution in [0.1, 0.15) is 5.56 Å². The smallest absolute Gasteiger partial charge is 0.323 e. The molecule has 0 saturated carbocycles. The maximum atomic E-state index is 11.3. The van der Waals surface area contributed by atoms with Crippen LogP contribution in [-0.4, -0.2) is 16.5 Å². The van der Waals surface area contributed by atoms with E-state index in [1.54, 1.807) is 0 Å². The number of benzene rings is 2. The fraction of sp³-hybridized carbons (Fsp3) is 0.133. The van der Waals surface area contributed by atoms with E-state index in [-0.39, 0.29) is 5.69 Å². The second kappa shape index (κ2) is 5.54. The minimum Gasteiger partial charge on any atom is -0.384 e. The lowest BCUT2D eigenvalue weighted by Gasteiger charge is -2.08. The van der Waals surface area contributed by atoms with Crippen molar-refractivity contribution in [1.29, 1.82) is 0 Å². The Hall–Kier alpha value is -2.01. The lowest BCUT2D eigenvalue weighted by atomic mass is 10.1. The van der Waals surface area contributed by atoms with E-state index in [4.69, 9.17) is 0 Å². The molecule has 102 valence electrons. The largest absolute Gasteiger partial charge is 0.384 e. The van der Waals surface area contributed by atoms with Crippen LogP contribution in [0.25, 0.3) is 11.0 Å². The molecule has 1 aromatic heterocycles. The Morgan fingerprint density at radius 2 is 1.75 bits per heavy atom. The highest BCUT2D eigenvalue weighted by atomic mass is 79.9. The summed E-state index contributed by atoms with van der Waals surface area (Å²) in [4.78, 5) is 16.8. The van der Waals surface area contributed by atoms with Crippen molar-refractivity contribution < 1.29 is 0 Å². The van der Waals surface area contributed by atoms with Crippen molar-refractivity contribution in [1.82, 2.24) is 9.97 Å². The van der Waals surface area contributed by atoms with Crippen molar-refractivity contribution in [2.24, 2.45) is 0 Å². The molecule has 20 heavy (non-hydrogen) atoms. The van der Waals surface area contributed by atoms with E-state index in [1.165, 1.54) is 5.56 Å². The Kier molecular flexibility index (Phi) is 3.60. The van der Waals surface area contributed by atoms with E-state index in [0.29, 0.717) is 0 Å². The number of nitrogens with one attached hydrogen (secondary N) is 3. The topological polar surface area (TPSA) is 60.7 Å².